The molecule has 0 unspecified atom stereocenters. The monoisotopic (exact) mass is 441 g/mol. The van der Waals surface area contributed by atoms with Crippen molar-refractivity contribution in [2.45, 2.75) is 25.4 Å². The fourth-order valence-electron chi connectivity index (χ4n) is 4.36. The van der Waals surface area contributed by atoms with E-state index in [1.807, 2.05) is 23.1 Å². The number of Topliss-reactive ketones (excluding diaryl/α,β-unsaturated/α-hetero) is 1. The quantitative estimate of drug-likeness (QED) is 0.611. The lowest BCUT2D eigenvalue weighted by Crippen LogP contribution is -2.48. The normalized spacial score (nSPS) is 19.1. The molecule has 10 heteroatoms. The number of piperazine rings is 1. The van der Waals surface area contributed by atoms with Crippen LogP contribution in [-0.2, 0) is 6.54 Å². The maximum absolute atomic E-state index is 12.9. The number of nitrogens with zero attached hydrogens (tertiary/aromatic N) is 3. The van der Waals surface area contributed by atoms with Crippen molar-refractivity contribution >= 4 is 11.6 Å². The number of ketones is 1. The predicted molar refractivity (Wildman–Crippen MR) is 117 cm³/mol. The summed E-state index contributed by atoms with van der Waals surface area (Å²) >= 11 is 0. The van der Waals surface area contributed by atoms with Crippen LogP contribution in [0.5, 0.6) is 11.5 Å². The van der Waals surface area contributed by atoms with Crippen LogP contribution in [0.25, 0.3) is 0 Å². The highest BCUT2D eigenvalue weighted by Gasteiger charge is 2.30. The Kier molecular flexibility index (Phi) is 5.48. The van der Waals surface area contributed by atoms with Crippen molar-refractivity contribution < 1.29 is 14.3 Å². The van der Waals surface area contributed by atoms with Gasteiger partial charge in [0.05, 0.1) is 6.54 Å². The highest BCUT2D eigenvalue weighted by atomic mass is 16.6. The molecule has 0 atom stereocenters. The summed E-state index contributed by atoms with van der Waals surface area (Å²) in [5.41, 5.74) is 5.87. The molecule has 2 fully saturated rings. The summed E-state index contributed by atoms with van der Waals surface area (Å²) in [6.45, 7) is 5.04. The van der Waals surface area contributed by atoms with Crippen molar-refractivity contribution in [3.8, 4) is 11.5 Å². The number of nitrogens with two attached hydrogens (primary N) is 1. The maximum atomic E-state index is 12.9. The lowest BCUT2D eigenvalue weighted by atomic mass is 10.1. The SMILES string of the molecule is Nc1c(C(=O)CN2CCN(Cc3ccc4c(c3)OCCO4)CC2)c(=O)[nH]c(=O)n1C1CC1. The molecule has 170 valence electrons. The fourth-order valence-corrected chi connectivity index (χ4v) is 4.36. The molecule has 0 spiro atoms. The van der Waals surface area contributed by atoms with Crippen molar-refractivity contribution in [1.29, 1.82) is 0 Å². The summed E-state index contributed by atoms with van der Waals surface area (Å²) in [5.74, 6) is 1.21. The summed E-state index contributed by atoms with van der Waals surface area (Å²) in [7, 11) is 0. The Morgan fingerprint density at radius 3 is 2.44 bits per heavy atom. The molecule has 3 aliphatic rings. The van der Waals surface area contributed by atoms with Crippen LogP contribution in [0.4, 0.5) is 5.82 Å². The van der Waals surface area contributed by atoms with Gasteiger partial charge >= 0.3 is 5.69 Å². The molecule has 32 heavy (non-hydrogen) atoms. The van der Waals surface area contributed by atoms with E-state index in [4.69, 9.17) is 15.2 Å². The molecule has 1 saturated carbocycles. The second-order valence-electron chi connectivity index (χ2n) is 8.57. The summed E-state index contributed by atoms with van der Waals surface area (Å²) in [4.78, 5) is 43.8. The third-order valence-corrected chi connectivity index (χ3v) is 6.22. The van der Waals surface area contributed by atoms with Crippen molar-refractivity contribution in [2.75, 3.05) is 51.7 Å². The number of anilines is 1. The molecule has 5 rings (SSSR count). The van der Waals surface area contributed by atoms with Crippen LogP contribution in [0.1, 0.15) is 34.8 Å². The van der Waals surface area contributed by atoms with Gasteiger partial charge in [0, 0.05) is 38.8 Å². The van der Waals surface area contributed by atoms with Gasteiger partial charge < -0.3 is 15.2 Å². The summed E-state index contributed by atoms with van der Waals surface area (Å²) in [6.07, 6.45) is 1.66. The van der Waals surface area contributed by atoms with Gasteiger partial charge in [-0.25, -0.2) is 4.79 Å². The number of carbonyl (C=O) groups is 1. The molecule has 2 aromatic rings. The third-order valence-electron chi connectivity index (χ3n) is 6.22. The Labute approximate surface area is 184 Å². The number of fused-ring (bicyclic) bond motifs is 1. The van der Waals surface area contributed by atoms with E-state index in [0.29, 0.717) is 26.3 Å². The van der Waals surface area contributed by atoms with E-state index < -0.39 is 11.2 Å². The molecule has 3 N–H and O–H groups in total. The minimum absolute atomic E-state index is 0.0107. The van der Waals surface area contributed by atoms with Gasteiger partial charge in [0.2, 0.25) is 0 Å². The van der Waals surface area contributed by atoms with Crippen LogP contribution in [0.15, 0.2) is 27.8 Å². The number of carbonyl (C=O) groups excluding carboxylic acids is 1. The summed E-state index contributed by atoms with van der Waals surface area (Å²) < 4.78 is 12.6. The standard InChI is InChI=1S/C22H27N5O5/c23-20-19(21(29)24-22(30)27(20)15-2-3-15)16(28)13-26-7-5-25(6-8-26)12-14-1-4-17-18(11-14)32-10-9-31-17/h1,4,11,15H,2-3,5-10,12-13,23H2,(H,24,29,30). The Morgan fingerprint density at radius 1 is 1.03 bits per heavy atom. The van der Waals surface area contributed by atoms with Crippen LogP contribution in [0, 0.1) is 0 Å². The number of ether oxygens (including phenoxy) is 2. The number of H-pyrrole nitrogens is 1. The Hall–Kier alpha value is -3.11. The number of benzene rings is 1. The van der Waals surface area contributed by atoms with Gasteiger partial charge in [-0.2, -0.15) is 0 Å². The topological polar surface area (TPSA) is 123 Å². The lowest BCUT2D eigenvalue weighted by Gasteiger charge is -2.34. The van der Waals surface area contributed by atoms with E-state index >= 15 is 0 Å². The first-order valence-electron chi connectivity index (χ1n) is 11.0. The molecule has 3 heterocycles. The smallest absolute Gasteiger partial charge is 0.330 e. The van der Waals surface area contributed by atoms with Gasteiger partial charge in [0.25, 0.3) is 5.56 Å². The molecule has 10 nitrogen and oxygen atoms in total. The fraction of sp³-hybridized carbons (Fsp3) is 0.500. The lowest BCUT2D eigenvalue weighted by molar-refractivity contribution is 0.0842. The van der Waals surface area contributed by atoms with Gasteiger partial charge in [-0.05, 0) is 30.5 Å². The largest absolute Gasteiger partial charge is 0.486 e. The van der Waals surface area contributed by atoms with Crippen LogP contribution in [0.2, 0.25) is 0 Å². The van der Waals surface area contributed by atoms with Crippen LogP contribution < -0.4 is 26.5 Å². The molecular formula is C22H27N5O5. The number of nitrogen functional groups attached to an aromatic ring is 1. The second-order valence-corrected chi connectivity index (χ2v) is 8.57. The van der Waals surface area contributed by atoms with Gasteiger partial charge in [-0.3, -0.25) is 28.9 Å². The number of rotatable bonds is 6. The number of aromatic amines is 1. The zero-order valence-electron chi connectivity index (χ0n) is 17.8. The molecule has 1 aromatic carbocycles. The molecular weight excluding hydrogens is 414 g/mol. The molecule has 1 aromatic heterocycles. The molecule has 2 aliphatic heterocycles. The minimum Gasteiger partial charge on any atom is -0.486 e. The zero-order valence-corrected chi connectivity index (χ0v) is 17.8. The highest BCUT2D eigenvalue weighted by Crippen LogP contribution is 2.35. The zero-order chi connectivity index (χ0) is 22.2. The van der Waals surface area contributed by atoms with Crippen molar-refractivity contribution in [3.05, 3.63) is 50.2 Å². The van der Waals surface area contributed by atoms with E-state index in [0.717, 1.165) is 49.5 Å². The molecule has 0 amide bonds. The summed E-state index contributed by atoms with van der Waals surface area (Å²) in [5, 5.41) is 0. The van der Waals surface area contributed by atoms with Gasteiger partial charge in [0.15, 0.2) is 17.3 Å². The Morgan fingerprint density at radius 2 is 1.72 bits per heavy atom. The number of hydrogen-bond acceptors (Lipinski definition) is 8. The van der Waals surface area contributed by atoms with Crippen LogP contribution in [0.3, 0.4) is 0 Å². The average Bonchev–Trinajstić information content (AvgIpc) is 3.60. The van der Waals surface area contributed by atoms with E-state index in [1.165, 1.54) is 4.57 Å². The minimum atomic E-state index is -0.702. The van der Waals surface area contributed by atoms with E-state index in [9.17, 15) is 14.4 Å². The van der Waals surface area contributed by atoms with Crippen molar-refractivity contribution in [2.24, 2.45) is 0 Å². The Balaban J connectivity index is 1.19. The number of aromatic nitrogens is 2. The van der Waals surface area contributed by atoms with E-state index in [-0.39, 0.29) is 29.8 Å². The Bertz CT molecular complexity index is 1140. The second kappa shape index (κ2) is 8.44. The first kappa shape index (κ1) is 20.8. The maximum Gasteiger partial charge on any atom is 0.330 e. The van der Waals surface area contributed by atoms with Gasteiger partial charge in [-0.15, -0.1) is 0 Å². The molecule has 0 radical (unpaired) electrons. The number of hydrogen-bond donors (Lipinski definition) is 2. The van der Waals surface area contributed by atoms with E-state index in [2.05, 4.69) is 9.88 Å². The third kappa shape index (κ3) is 4.15. The van der Waals surface area contributed by atoms with Gasteiger partial charge in [0.1, 0.15) is 24.6 Å². The van der Waals surface area contributed by atoms with Crippen LogP contribution >= 0.6 is 0 Å². The van der Waals surface area contributed by atoms with Crippen molar-refractivity contribution in [3.63, 3.8) is 0 Å². The predicted octanol–water partition coefficient (Wildman–Crippen LogP) is 0.225. The molecule has 0 bridgehead atoms. The van der Waals surface area contributed by atoms with E-state index in [1.54, 1.807) is 0 Å². The first-order valence-corrected chi connectivity index (χ1v) is 11.0. The molecule has 1 saturated heterocycles. The molecule has 1 aliphatic carbocycles. The number of nitrogens with one attached hydrogen (secondary N) is 1. The average molecular weight is 441 g/mol. The van der Waals surface area contributed by atoms with Crippen molar-refractivity contribution in [1.82, 2.24) is 19.4 Å². The van der Waals surface area contributed by atoms with Gasteiger partial charge in [-0.1, -0.05) is 6.07 Å². The first-order chi connectivity index (χ1) is 15.5. The highest BCUT2D eigenvalue weighted by molar-refractivity contribution is 6.01. The van der Waals surface area contributed by atoms with Crippen LogP contribution in [-0.4, -0.2) is 71.1 Å². The summed E-state index contributed by atoms with van der Waals surface area (Å²) in [6, 6.07) is 6.00.